The highest BCUT2D eigenvalue weighted by Crippen LogP contribution is 2.32. The van der Waals surface area contributed by atoms with E-state index in [1.807, 2.05) is 32.0 Å². The van der Waals surface area contributed by atoms with Crippen LogP contribution in [-0.2, 0) is 4.79 Å². The minimum Gasteiger partial charge on any atom is -0.324 e. The highest BCUT2D eigenvalue weighted by Gasteiger charge is 2.20. The summed E-state index contributed by atoms with van der Waals surface area (Å²) in [5, 5.41) is 5.62. The van der Waals surface area contributed by atoms with Gasteiger partial charge in [0.05, 0.1) is 17.1 Å². The predicted molar refractivity (Wildman–Crippen MR) is 110 cm³/mol. The number of amides is 2. The van der Waals surface area contributed by atoms with Gasteiger partial charge in [-0.1, -0.05) is 23.8 Å². The molecular formula is C21H19F2N3O2S. The number of anilines is 2. The summed E-state index contributed by atoms with van der Waals surface area (Å²) >= 11 is 1.21. The van der Waals surface area contributed by atoms with Crippen molar-refractivity contribution in [1.82, 2.24) is 4.98 Å². The Morgan fingerprint density at radius 1 is 0.966 bits per heavy atom. The lowest BCUT2D eigenvalue weighted by molar-refractivity contribution is -0.114. The molecule has 29 heavy (non-hydrogen) atoms. The summed E-state index contributed by atoms with van der Waals surface area (Å²) in [5.41, 5.74) is 3.55. The van der Waals surface area contributed by atoms with Crippen LogP contribution in [0.4, 0.5) is 20.2 Å². The van der Waals surface area contributed by atoms with Crippen molar-refractivity contribution in [2.75, 3.05) is 10.6 Å². The monoisotopic (exact) mass is 415 g/mol. The molecule has 0 aliphatic rings. The average molecular weight is 415 g/mol. The van der Waals surface area contributed by atoms with Crippen LogP contribution in [0.2, 0.25) is 0 Å². The zero-order valence-corrected chi connectivity index (χ0v) is 17.1. The SMILES string of the molecule is CC(=O)Nc1cc(F)c(F)cc1NC(=O)c1sc(-c2ccc(C)cc2C)nc1C. The highest BCUT2D eigenvalue weighted by atomic mass is 32.1. The number of carbonyl (C=O) groups excluding carboxylic acids is 2. The van der Waals surface area contributed by atoms with Crippen LogP contribution >= 0.6 is 11.3 Å². The Balaban J connectivity index is 1.93. The van der Waals surface area contributed by atoms with Crippen LogP contribution in [0, 0.1) is 32.4 Å². The first kappa shape index (κ1) is 20.6. The lowest BCUT2D eigenvalue weighted by Crippen LogP contribution is -2.15. The summed E-state index contributed by atoms with van der Waals surface area (Å²) in [6.45, 7) is 6.91. The number of benzene rings is 2. The van der Waals surface area contributed by atoms with Gasteiger partial charge in [0.1, 0.15) is 9.88 Å². The molecule has 0 fully saturated rings. The molecule has 0 saturated heterocycles. The number of thiazole rings is 1. The van der Waals surface area contributed by atoms with Crippen LogP contribution < -0.4 is 10.6 Å². The van der Waals surface area contributed by atoms with Gasteiger partial charge in [0, 0.05) is 24.6 Å². The van der Waals surface area contributed by atoms with Crippen LogP contribution in [0.15, 0.2) is 30.3 Å². The molecule has 150 valence electrons. The first-order valence-electron chi connectivity index (χ1n) is 8.78. The van der Waals surface area contributed by atoms with Gasteiger partial charge in [-0.25, -0.2) is 13.8 Å². The summed E-state index contributed by atoms with van der Waals surface area (Å²) in [7, 11) is 0. The Morgan fingerprint density at radius 3 is 2.17 bits per heavy atom. The van der Waals surface area contributed by atoms with E-state index in [1.54, 1.807) is 6.92 Å². The number of hydrogen-bond donors (Lipinski definition) is 2. The van der Waals surface area contributed by atoms with E-state index in [2.05, 4.69) is 15.6 Å². The first-order chi connectivity index (χ1) is 13.7. The smallest absolute Gasteiger partial charge is 0.267 e. The van der Waals surface area contributed by atoms with Gasteiger partial charge in [-0.3, -0.25) is 9.59 Å². The Bertz CT molecular complexity index is 1130. The second-order valence-electron chi connectivity index (χ2n) is 6.70. The molecule has 1 aromatic heterocycles. The molecule has 2 amide bonds. The van der Waals surface area contributed by atoms with E-state index in [9.17, 15) is 18.4 Å². The van der Waals surface area contributed by atoms with E-state index in [1.165, 1.54) is 18.3 Å². The highest BCUT2D eigenvalue weighted by molar-refractivity contribution is 7.17. The number of rotatable bonds is 4. The Hall–Kier alpha value is -3.13. The maximum absolute atomic E-state index is 13.7. The Morgan fingerprint density at radius 2 is 1.59 bits per heavy atom. The second-order valence-corrected chi connectivity index (χ2v) is 7.70. The summed E-state index contributed by atoms with van der Waals surface area (Å²) in [5.74, 6) is -3.25. The third kappa shape index (κ3) is 4.48. The van der Waals surface area contributed by atoms with Crippen molar-refractivity contribution in [3.8, 4) is 10.6 Å². The maximum Gasteiger partial charge on any atom is 0.267 e. The van der Waals surface area contributed by atoms with Crippen molar-refractivity contribution in [1.29, 1.82) is 0 Å². The van der Waals surface area contributed by atoms with Gasteiger partial charge in [0.2, 0.25) is 5.91 Å². The van der Waals surface area contributed by atoms with Gasteiger partial charge in [0.25, 0.3) is 5.91 Å². The maximum atomic E-state index is 13.7. The molecule has 2 aromatic carbocycles. The fourth-order valence-electron chi connectivity index (χ4n) is 2.90. The number of hydrogen-bond acceptors (Lipinski definition) is 4. The van der Waals surface area contributed by atoms with Crippen molar-refractivity contribution in [2.45, 2.75) is 27.7 Å². The standard InChI is InChI=1S/C21H19F2N3O2S/c1-10-5-6-14(11(2)7-10)21-24-12(3)19(29-21)20(28)26-18-9-16(23)15(22)8-17(18)25-13(4)27/h5-9H,1-4H3,(H,25,27)(H,26,28). The fraction of sp³-hybridized carbons (Fsp3) is 0.190. The third-order valence-corrected chi connectivity index (χ3v) is 5.42. The summed E-state index contributed by atoms with van der Waals surface area (Å²) in [6.07, 6.45) is 0. The molecule has 0 aliphatic carbocycles. The van der Waals surface area contributed by atoms with Gasteiger partial charge < -0.3 is 10.6 Å². The van der Waals surface area contributed by atoms with Crippen molar-refractivity contribution in [2.24, 2.45) is 0 Å². The largest absolute Gasteiger partial charge is 0.324 e. The zero-order chi connectivity index (χ0) is 21.3. The van der Waals surface area contributed by atoms with E-state index < -0.39 is 23.4 Å². The second kappa shape index (κ2) is 8.08. The van der Waals surface area contributed by atoms with E-state index in [-0.39, 0.29) is 11.4 Å². The molecule has 3 aromatic rings. The van der Waals surface area contributed by atoms with Crippen LogP contribution in [0.5, 0.6) is 0 Å². The molecule has 8 heteroatoms. The molecule has 5 nitrogen and oxygen atoms in total. The number of carbonyl (C=O) groups is 2. The van der Waals surface area contributed by atoms with Gasteiger partial charge in [0.15, 0.2) is 11.6 Å². The average Bonchev–Trinajstić information content (AvgIpc) is 3.00. The molecule has 0 atom stereocenters. The lowest BCUT2D eigenvalue weighted by Gasteiger charge is -2.12. The van der Waals surface area contributed by atoms with Crippen LogP contribution in [0.3, 0.4) is 0 Å². The number of halogens is 2. The number of aromatic nitrogens is 1. The summed E-state index contributed by atoms with van der Waals surface area (Å²) in [6, 6.07) is 7.62. The first-order valence-corrected chi connectivity index (χ1v) is 9.60. The summed E-state index contributed by atoms with van der Waals surface area (Å²) in [4.78, 5) is 29.0. The van der Waals surface area contributed by atoms with E-state index in [0.717, 1.165) is 28.8 Å². The molecule has 0 spiro atoms. The normalized spacial score (nSPS) is 10.7. The molecule has 0 radical (unpaired) electrons. The van der Waals surface area contributed by atoms with E-state index in [4.69, 9.17) is 0 Å². The summed E-state index contributed by atoms with van der Waals surface area (Å²) < 4.78 is 27.2. The Kier molecular flexibility index (Phi) is 5.74. The van der Waals surface area contributed by atoms with Gasteiger partial charge in [-0.05, 0) is 26.3 Å². The molecule has 0 bridgehead atoms. The zero-order valence-electron chi connectivity index (χ0n) is 16.3. The molecule has 3 rings (SSSR count). The van der Waals surface area contributed by atoms with Gasteiger partial charge >= 0.3 is 0 Å². The van der Waals surface area contributed by atoms with Crippen LogP contribution in [0.25, 0.3) is 10.6 Å². The predicted octanol–water partition coefficient (Wildman–Crippen LogP) is 5.22. The third-order valence-electron chi connectivity index (χ3n) is 4.23. The van der Waals surface area contributed by atoms with Crippen LogP contribution in [0.1, 0.15) is 33.4 Å². The number of aryl methyl sites for hydroxylation is 3. The molecule has 0 aliphatic heterocycles. The van der Waals surface area contributed by atoms with Crippen LogP contribution in [-0.4, -0.2) is 16.8 Å². The van der Waals surface area contributed by atoms with Crippen molar-refractivity contribution in [3.05, 3.63) is 63.7 Å². The minimum atomic E-state index is -1.13. The number of nitrogens with zero attached hydrogens (tertiary/aromatic N) is 1. The van der Waals surface area contributed by atoms with Gasteiger partial charge in [-0.15, -0.1) is 11.3 Å². The minimum absolute atomic E-state index is 0.0264. The molecule has 0 unspecified atom stereocenters. The molecule has 0 saturated carbocycles. The lowest BCUT2D eigenvalue weighted by atomic mass is 10.1. The topological polar surface area (TPSA) is 71.1 Å². The molecular weight excluding hydrogens is 396 g/mol. The van der Waals surface area contributed by atoms with Crippen molar-refractivity contribution in [3.63, 3.8) is 0 Å². The van der Waals surface area contributed by atoms with E-state index >= 15 is 0 Å². The fourth-order valence-corrected chi connectivity index (χ4v) is 3.95. The van der Waals surface area contributed by atoms with Crippen molar-refractivity contribution >= 4 is 34.5 Å². The number of nitrogens with one attached hydrogen (secondary N) is 2. The van der Waals surface area contributed by atoms with Gasteiger partial charge in [-0.2, -0.15) is 0 Å². The van der Waals surface area contributed by atoms with E-state index in [0.29, 0.717) is 15.6 Å². The quantitative estimate of drug-likeness (QED) is 0.613. The van der Waals surface area contributed by atoms with Crippen molar-refractivity contribution < 1.29 is 18.4 Å². The molecule has 2 N–H and O–H groups in total. The molecule has 1 heterocycles. The Labute approximate surface area is 170 Å².